The Morgan fingerprint density at radius 3 is 2.71 bits per heavy atom. The van der Waals surface area contributed by atoms with Crippen LogP contribution in [0.2, 0.25) is 0 Å². The highest BCUT2D eigenvalue weighted by molar-refractivity contribution is 7.80. The number of nitro groups is 1. The highest BCUT2D eigenvalue weighted by Crippen LogP contribution is 2.43. The van der Waals surface area contributed by atoms with E-state index in [4.69, 9.17) is 16.6 Å². The summed E-state index contributed by atoms with van der Waals surface area (Å²) >= 11 is 5.68. The molecule has 1 aliphatic heterocycles. The normalized spacial score (nSPS) is 17.6. The quantitative estimate of drug-likeness (QED) is 0.220. The second-order valence-electron chi connectivity index (χ2n) is 7.94. The van der Waals surface area contributed by atoms with Crippen LogP contribution >= 0.6 is 12.2 Å². The Morgan fingerprint density at radius 2 is 1.97 bits per heavy atom. The predicted molar refractivity (Wildman–Crippen MR) is 130 cm³/mol. The van der Waals surface area contributed by atoms with Crippen molar-refractivity contribution in [3.05, 3.63) is 112 Å². The van der Waals surface area contributed by atoms with Crippen LogP contribution in [0.25, 0.3) is 11.3 Å². The van der Waals surface area contributed by atoms with Gasteiger partial charge in [-0.25, -0.2) is 4.39 Å². The van der Waals surface area contributed by atoms with Crippen molar-refractivity contribution in [3.8, 4) is 11.3 Å². The number of aromatic nitrogens is 1. The van der Waals surface area contributed by atoms with E-state index in [2.05, 4.69) is 10.3 Å². The second kappa shape index (κ2) is 8.68. The lowest BCUT2D eigenvalue weighted by atomic mass is 10.0. The van der Waals surface area contributed by atoms with Crippen molar-refractivity contribution in [2.45, 2.75) is 19.0 Å². The predicted octanol–water partition coefficient (Wildman–Crippen LogP) is 5.87. The summed E-state index contributed by atoms with van der Waals surface area (Å²) in [5, 5.41) is 15.0. The number of aryl methyl sites for hydroxylation is 1. The van der Waals surface area contributed by atoms with Crippen molar-refractivity contribution in [1.82, 2.24) is 10.3 Å². The van der Waals surface area contributed by atoms with Crippen molar-refractivity contribution in [2.24, 2.45) is 0 Å². The molecule has 4 aromatic rings. The molecule has 0 radical (unpaired) electrons. The number of halogens is 1. The van der Waals surface area contributed by atoms with Gasteiger partial charge in [0.25, 0.3) is 5.69 Å². The van der Waals surface area contributed by atoms with Gasteiger partial charge in [0.15, 0.2) is 5.11 Å². The lowest BCUT2D eigenvalue weighted by molar-refractivity contribution is -0.384. The summed E-state index contributed by atoms with van der Waals surface area (Å²) in [6, 6.07) is 19.6. The van der Waals surface area contributed by atoms with Crippen LogP contribution < -0.4 is 10.2 Å². The van der Waals surface area contributed by atoms with Gasteiger partial charge in [-0.2, -0.15) is 0 Å². The molecule has 0 bridgehead atoms. The van der Waals surface area contributed by atoms with Gasteiger partial charge >= 0.3 is 0 Å². The highest BCUT2D eigenvalue weighted by atomic mass is 32.1. The highest BCUT2D eigenvalue weighted by Gasteiger charge is 2.42. The number of nitro benzene ring substituents is 1. The fourth-order valence-corrected chi connectivity index (χ4v) is 4.49. The number of hydrogen-bond donors (Lipinski definition) is 1. The minimum Gasteiger partial charge on any atom is -0.459 e. The van der Waals surface area contributed by atoms with Crippen LogP contribution in [0.1, 0.15) is 29.1 Å². The van der Waals surface area contributed by atoms with Crippen molar-refractivity contribution >= 4 is 28.7 Å². The van der Waals surface area contributed by atoms with Crippen LogP contribution in [0.3, 0.4) is 0 Å². The Morgan fingerprint density at radius 1 is 1.12 bits per heavy atom. The second-order valence-corrected chi connectivity index (χ2v) is 8.33. The maximum Gasteiger partial charge on any atom is 0.270 e. The molecule has 5 rings (SSSR count). The Hall–Kier alpha value is -4.11. The van der Waals surface area contributed by atoms with Gasteiger partial charge in [0.05, 0.1) is 16.7 Å². The molecule has 9 heteroatoms. The molecule has 2 atom stereocenters. The smallest absolute Gasteiger partial charge is 0.270 e. The monoisotopic (exact) mass is 474 g/mol. The number of anilines is 1. The number of furan rings is 1. The van der Waals surface area contributed by atoms with Gasteiger partial charge in [0.2, 0.25) is 0 Å². The molecule has 34 heavy (non-hydrogen) atoms. The Bertz CT molecular complexity index is 1390. The number of thiocarbonyl (C=S) groups is 1. The number of nitrogens with one attached hydrogen (secondary N) is 1. The van der Waals surface area contributed by atoms with Gasteiger partial charge in [-0.15, -0.1) is 0 Å². The zero-order valence-corrected chi connectivity index (χ0v) is 18.8. The zero-order chi connectivity index (χ0) is 23.8. The van der Waals surface area contributed by atoms with Gasteiger partial charge in [-0.3, -0.25) is 15.1 Å². The summed E-state index contributed by atoms with van der Waals surface area (Å²) in [7, 11) is 0. The van der Waals surface area contributed by atoms with E-state index in [-0.39, 0.29) is 17.5 Å². The molecule has 1 saturated heterocycles. The first-order valence-electron chi connectivity index (χ1n) is 10.5. The fraction of sp³-hybridized carbons (Fsp3) is 0.120. The first-order chi connectivity index (χ1) is 16.4. The van der Waals surface area contributed by atoms with Crippen LogP contribution in [0.5, 0.6) is 0 Å². The van der Waals surface area contributed by atoms with Gasteiger partial charge in [-0.1, -0.05) is 18.2 Å². The molecule has 170 valence electrons. The fourth-order valence-electron chi connectivity index (χ4n) is 4.14. The molecule has 0 spiro atoms. The number of benzene rings is 2. The van der Waals surface area contributed by atoms with Crippen LogP contribution in [0.4, 0.5) is 15.8 Å². The molecule has 2 unspecified atom stereocenters. The van der Waals surface area contributed by atoms with Gasteiger partial charge < -0.3 is 14.6 Å². The van der Waals surface area contributed by atoms with Crippen molar-refractivity contribution in [2.75, 3.05) is 4.90 Å². The maximum atomic E-state index is 14.0. The third-order valence-corrected chi connectivity index (χ3v) is 6.09. The summed E-state index contributed by atoms with van der Waals surface area (Å²) in [5.41, 5.74) is 2.55. The number of nitrogens with zero attached hydrogens (tertiary/aromatic N) is 3. The SMILES string of the molecule is Cc1cc(N2C(=S)NC(c3ccccn3)C2c2ccc(-c3cccc([N+](=O)[O-])c3)o2)ccc1F. The lowest BCUT2D eigenvalue weighted by Crippen LogP contribution is -2.29. The molecule has 2 aromatic carbocycles. The molecule has 3 heterocycles. The van der Waals surface area contributed by atoms with E-state index >= 15 is 0 Å². The molecule has 1 N–H and O–H groups in total. The molecule has 1 aliphatic rings. The van der Waals surface area contributed by atoms with Crippen LogP contribution in [0.15, 0.2) is 83.4 Å². The molecule has 7 nitrogen and oxygen atoms in total. The van der Waals surface area contributed by atoms with E-state index in [0.29, 0.717) is 33.4 Å². The number of rotatable bonds is 5. The van der Waals surface area contributed by atoms with Crippen LogP contribution in [-0.2, 0) is 0 Å². The average Bonchev–Trinajstić information content (AvgIpc) is 3.46. The maximum absolute atomic E-state index is 14.0. The summed E-state index contributed by atoms with van der Waals surface area (Å²) < 4.78 is 20.2. The molecule has 0 aliphatic carbocycles. The van der Waals surface area contributed by atoms with E-state index in [0.717, 1.165) is 5.69 Å². The minimum atomic E-state index is -0.442. The number of non-ortho nitro benzene ring substituents is 1. The third-order valence-electron chi connectivity index (χ3n) is 5.78. The Labute approximate surface area is 200 Å². The van der Waals surface area contributed by atoms with Crippen molar-refractivity contribution < 1.29 is 13.7 Å². The molecule has 0 amide bonds. The van der Waals surface area contributed by atoms with Crippen LogP contribution in [0, 0.1) is 22.9 Å². The van der Waals surface area contributed by atoms with Gasteiger partial charge in [-0.05, 0) is 67.2 Å². The standard InChI is InChI=1S/C25H19FN4O3S/c1-15-13-17(8-9-19(15)26)29-24(23(28-25(29)34)20-7-2-3-12-27-20)22-11-10-21(33-22)16-5-4-6-18(14-16)30(31)32/h2-14,23-24H,1H3,(H,28,34). The Kier molecular flexibility index (Phi) is 5.54. The Balaban J connectivity index is 1.60. The van der Waals surface area contributed by atoms with Gasteiger partial charge in [0.1, 0.15) is 23.4 Å². The molecular formula is C25H19FN4O3S. The summed E-state index contributed by atoms with van der Waals surface area (Å²) in [5.74, 6) is 0.781. The largest absolute Gasteiger partial charge is 0.459 e. The van der Waals surface area contributed by atoms with Gasteiger partial charge in [0, 0.05) is 29.6 Å². The zero-order valence-electron chi connectivity index (χ0n) is 18.0. The average molecular weight is 475 g/mol. The van der Waals surface area contributed by atoms with E-state index in [9.17, 15) is 14.5 Å². The molecule has 0 saturated carbocycles. The van der Waals surface area contributed by atoms with E-state index < -0.39 is 11.0 Å². The summed E-state index contributed by atoms with van der Waals surface area (Å²) in [4.78, 5) is 17.1. The topological polar surface area (TPSA) is 84.4 Å². The third kappa shape index (κ3) is 3.90. The van der Waals surface area contributed by atoms with E-state index in [1.807, 2.05) is 29.2 Å². The summed E-state index contributed by atoms with van der Waals surface area (Å²) in [6.07, 6.45) is 1.71. The number of pyridine rings is 1. The van der Waals surface area contributed by atoms with Crippen LogP contribution in [-0.4, -0.2) is 15.0 Å². The minimum absolute atomic E-state index is 0.0195. The molecule has 2 aromatic heterocycles. The first-order valence-corrected chi connectivity index (χ1v) is 10.9. The van der Waals surface area contributed by atoms with E-state index in [1.54, 1.807) is 43.5 Å². The van der Waals surface area contributed by atoms with Crippen molar-refractivity contribution in [3.63, 3.8) is 0 Å². The number of hydrogen-bond acceptors (Lipinski definition) is 5. The first kappa shape index (κ1) is 21.7. The lowest BCUT2D eigenvalue weighted by Gasteiger charge is -2.26. The molecule has 1 fully saturated rings. The molecular weight excluding hydrogens is 455 g/mol. The van der Waals surface area contributed by atoms with E-state index in [1.165, 1.54) is 18.2 Å². The summed E-state index contributed by atoms with van der Waals surface area (Å²) in [6.45, 7) is 1.70. The van der Waals surface area contributed by atoms with Crippen molar-refractivity contribution in [1.29, 1.82) is 0 Å².